The molecule has 0 radical (unpaired) electrons. The van der Waals surface area contributed by atoms with Gasteiger partial charge in [-0.1, -0.05) is 6.92 Å². The third-order valence-corrected chi connectivity index (χ3v) is 4.13. The van der Waals surface area contributed by atoms with Crippen LogP contribution in [0.1, 0.15) is 24.5 Å². The first-order valence-corrected chi connectivity index (χ1v) is 6.27. The fraction of sp³-hybridized carbons (Fsp3) is 0.273. The minimum Gasteiger partial charge on any atom is -0.398 e. The predicted molar refractivity (Wildman–Crippen MR) is 84.2 cm³/mol. The fourth-order valence-corrected chi connectivity index (χ4v) is 1.91. The van der Waals surface area contributed by atoms with Crippen LogP contribution in [0.2, 0.25) is 0 Å². The number of hydrogen-bond acceptors (Lipinski definition) is 5. The molecule has 0 aliphatic carbocycles. The summed E-state index contributed by atoms with van der Waals surface area (Å²) < 4.78 is 1.01. The lowest BCUT2D eigenvalue weighted by Gasteiger charge is -2.18. The molecule has 0 bridgehead atoms. The van der Waals surface area contributed by atoms with Gasteiger partial charge in [-0.05, 0) is 41.5 Å². The highest BCUT2D eigenvalue weighted by Crippen LogP contribution is 2.39. The molecule has 0 amide bonds. The number of nitrogen functional groups attached to an aromatic ring is 4. The van der Waals surface area contributed by atoms with Gasteiger partial charge in [-0.2, -0.15) is 0 Å². The van der Waals surface area contributed by atoms with Crippen molar-refractivity contribution in [1.82, 2.24) is 0 Å². The van der Waals surface area contributed by atoms with E-state index in [1.54, 1.807) is 0 Å². The standard InChI is InChI=1S/C11H18IN5/c1-3-5(12)8(14)6-4(2)7(13)10(16)11(17)9(6)15/h3,13-17H2,1-2H3/b8-5+. The number of benzene rings is 1. The normalized spacial score (nSPS) is 12.4. The van der Waals surface area contributed by atoms with Crippen molar-refractivity contribution in [2.75, 3.05) is 22.9 Å². The number of nitrogens with two attached hydrogens (primary N) is 5. The van der Waals surface area contributed by atoms with Gasteiger partial charge in [0.15, 0.2) is 0 Å². The molecule has 1 aromatic carbocycles. The molecular formula is C11H18IN5. The van der Waals surface area contributed by atoms with Gasteiger partial charge in [0.05, 0.1) is 28.4 Å². The lowest BCUT2D eigenvalue weighted by atomic mass is 9.98. The minimum absolute atomic E-state index is 0.298. The van der Waals surface area contributed by atoms with E-state index in [9.17, 15) is 0 Å². The van der Waals surface area contributed by atoms with Gasteiger partial charge < -0.3 is 28.7 Å². The Morgan fingerprint density at radius 1 is 1.00 bits per heavy atom. The number of rotatable bonds is 2. The molecule has 0 fully saturated rings. The van der Waals surface area contributed by atoms with Crippen LogP contribution in [0.5, 0.6) is 0 Å². The lowest BCUT2D eigenvalue weighted by Crippen LogP contribution is -2.12. The first kappa shape index (κ1) is 13.8. The van der Waals surface area contributed by atoms with E-state index in [-0.39, 0.29) is 0 Å². The van der Waals surface area contributed by atoms with Crippen LogP contribution < -0.4 is 28.7 Å². The summed E-state index contributed by atoms with van der Waals surface area (Å²) in [6.07, 6.45) is 0.829. The number of allylic oxidation sites excluding steroid dienone is 1. The van der Waals surface area contributed by atoms with E-state index in [1.165, 1.54) is 0 Å². The Labute approximate surface area is 115 Å². The Kier molecular flexibility index (Phi) is 3.97. The molecule has 5 nitrogen and oxygen atoms in total. The zero-order chi connectivity index (χ0) is 13.3. The molecule has 0 spiro atoms. The quantitative estimate of drug-likeness (QED) is 0.411. The average molecular weight is 347 g/mol. The number of halogens is 1. The maximum absolute atomic E-state index is 6.08. The van der Waals surface area contributed by atoms with E-state index in [4.69, 9.17) is 28.7 Å². The molecule has 1 rings (SSSR count). The fourth-order valence-electron chi connectivity index (χ4n) is 1.64. The van der Waals surface area contributed by atoms with Crippen molar-refractivity contribution < 1.29 is 0 Å². The molecule has 0 unspecified atom stereocenters. The summed E-state index contributed by atoms with van der Waals surface area (Å²) in [6.45, 7) is 3.85. The minimum atomic E-state index is 0.298. The Morgan fingerprint density at radius 3 is 1.94 bits per heavy atom. The van der Waals surface area contributed by atoms with Crippen molar-refractivity contribution in [2.24, 2.45) is 5.73 Å². The van der Waals surface area contributed by atoms with E-state index in [1.807, 2.05) is 13.8 Å². The van der Waals surface area contributed by atoms with Crippen LogP contribution in [0.4, 0.5) is 22.7 Å². The second-order valence-corrected chi connectivity index (χ2v) is 5.13. The summed E-state index contributed by atoms with van der Waals surface area (Å²) in [7, 11) is 0. The molecule has 0 aliphatic heterocycles. The van der Waals surface area contributed by atoms with Crippen LogP contribution in [-0.2, 0) is 0 Å². The highest BCUT2D eigenvalue weighted by molar-refractivity contribution is 14.1. The van der Waals surface area contributed by atoms with E-state index in [0.29, 0.717) is 34.0 Å². The van der Waals surface area contributed by atoms with E-state index >= 15 is 0 Å². The second kappa shape index (κ2) is 4.91. The molecule has 94 valence electrons. The first-order valence-electron chi connectivity index (χ1n) is 5.19. The van der Waals surface area contributed by atoms with Gasteiger partial charge in [0.25, 0.3) is 0 Å². The summed E-state index contributed by atoms with van der Waals surface area (Å²) in [4.78, 5) is 0. The average Bonchev–Trinajstić information content (AvgIpc) is 2.32. The molecule has 0 heterocycles. The zero-order valence-corrected chi connectivity index (χ0v) is 12.1. The molecule has 6 heteroatoms. The predicted octanol–water partition coefficient (Wildman–Crippen LogP) is 1.80. The SMILES string of the molecule is CC/C(I)=C(\N)c1c(C)c(N)c(N)c(N)c1N. The Balaban J connectivity index is 3.67. The smallest absolute Gasteiger partial charge is 0.0809 e. The highest BCUT2D eigenvalue weighted by Gasteiger charge is 2.17. The molecule has 0 aliphatic rings. The monoisotopic (exact) mass is 347 g/mol. The van der Waals surface area contributed by atoms with Crippen molar-refractivity contribution in [1.29, 1.82) is 0 Å². The largest absolute Gasteiger partial charge is 0.398 e. The number of hydrogen-bond donors (Lipinski definition) is 5. The zero-order valence-electron chi connectivity index (χ0n) is 9.97. The summed E-state index contributed by atoms with van der Waals surface area (Å²) >= 11 is 2.19. The summed E-state index contributed by atoms with van der Waals surface area (Å²) in [5.41, 5.74) is 33.1. The van der Waals surface area contributed by atoms with Crippen molar-refractivity contribution in [3.05, 3.63) is 14.7 Å². The Hall–Kier alpha value is -1.31. The van der Waals surface area contributed by atoms with Gasteiger partial charge in [0, 0.05) is 9.14 Å². The van der Waals surface area contributed by atoms with Crippen LogP contribution in [0.3, 0.4) is 0 Å². The summed E-state index contributed by atoms with van der Waals surface area (Å²) in [5.74, 6) is 0. The third-order valence-electron chi connectivity index (χ3n) is 2.79. The molecular weight excluding hydrogens is 329 g/mol. The van der Waals surface area contributed by atoms with Crippen LogP contribution in [0.15, 0.2) is 3.58 Å². The van der Waals surface area contributed by atoms with Crippen LogP contribution in [0.25, 0.3) is 5.70 Å². The van der Waals surface area contributed by atoms with Gasteiger partial charge in [0.2, 0.25) is 0 Å². The lowest BCUT2D eigenvalue weighted by molar-refractivity contribution is 1.20. The summed E-state index contributed by atoms with van der Waals surface area (Å²) in [6, 6.07) is 0. The molecule has 0 aromatic heterocycles. The first-order chi connectivity index (χ1) is 7.82. The van der Waals surface area contributed by atoms with Crippen molar-refractivity contribution in [3.63, 3.8) is 0 Å². The van der Waals surface area contributed by atoms with Crippen LogP contribution in [0, 0.1) is 6.92 Å². The van der Waals surface area contributed by atoms with E-state index in [2.05, 4.69) is 22.6 Å². The Morgan fingerprint density at radius 2 is 1.47 bits per heavy atom. The van der Waals surface area contributed by atoms with Crippen LogP contribution >= 0.6 is 22.6 Å². The third kappa shape index (κ3) is 2.21. The van der Waals surface area contributed by atoms with E-state index < -0.39 is 0 Å². The maximum atomic E-state index is 6.08. The van der Waals surface area contributed by atoms with Crippen molar-refractivity contribution >= 4 is 51.0 Å². The van der Waals surface area contributed by atoms with Crippen molar-refractivity contribution in [3.8, 4) is 0 Å². The Bertz CT molecular complexity index is 464. The topological polar surface area (TPSA) is 130 Å². The van der Waals surface area contributed by atoms with Gasteiger partial charge in [-0.25, -0.2) is 0 Å². The molecule has 0 atom stereocenters. The molecule has 0 saturated heterocycles. The van der Waals surface area contributed by atoms with E-state index in [0.717, 1.165) is 15.6 Å². The van der Waals surface area contributed by atoms with Gasteiger partial charge in [-0.3, -0.25) is 0 Å². The number of anilines is 4. The molecule has 0 saturated carbocycles. The summed E-state index contributed by atoms with van der Waals surface area (Å²) in [5, 5.41) is 0. The molecule has 10 N–H and O–H groups in total. The highest BCUT2D eigenvalue weighted by atomic mass is 127. The van der Waals surface area contributed by atoms with Crippen molar-refractivity contribution in [2.45, 2.75) is 20.3 Å². The van der Waals surface area contributed by atoms with Gasteiger partial charge in [0.1, 0.15) is 0 Å². The molecule has 1 aromatic rings. The maximum Gasteiger partial charge on any atom is 0.0809 e. The second-order valence-electron chi connectivity index (χ2n) is 3.83. The van der Waals surface area contributed by atoms with Crippen LogP contribution in [-0.4, -0.2) is 0 Å². The van der Waals surface area contributed by atoms with Gasteiger partial charge in [-0.15, -0.1) is 0 Å². The molecule has 17 heavy (non-hydrogen) atoms. The van der Waals surface area contributed by atoms with Gasteiger partial charge >= 0.3 is 0 Å².